The molecule has 2 heterocycles. The van der Waals surface area contributed by atoms with E-state index in [1.807, 2.05) is 29.6 Å². The van der Waals surface area contributed by atoms with Crippen LogP contribution < -0.4 is 11.0 Å². The third-order valence-electron chi connectivity index (χ3n) is 4.97. The molecule has 7 nitrogen and oxygen atoms in total. The number of rotatable bonds is 6. The molecule has 0 atom stereocenters. The largest absolute Gasteiger partial charge is 0.369 e. The third-order valence-corrected chi connectivity index (χ3v) is 5.81. The predicted octanol–water partition coefficient (Wildman–Crippen LogP) is 1.73. The number of hydrogen-bond acceptors (Lipinski definition) is 5. The first kappa shape index (κ1) is 16.7. The van der Waals surface area contributed by atoms with E-state index >= 15 is 0 Å². The van der Waals surface area contributed by atoms with Crippen molar-refractivity contribution in [2.24, 2.45) is 0 Å². The highest BCUT2D eigenvalue weighted by Crippen LogP contribution is 2.43. The van der Waals surface area contributed by atoms with Gasteiger partial charge in [-0.25, -0.2) is 4.79 Å². The molecule has 134 valence electrons. The van der Waals surface area contributed by atoms with E-state index in [9.17, 15) is 9.59 Å². The highest BCUT2D eigenvalue weighted by molar-refractivity contribution is 7.12. The summed E-state index contributed by atoms with van der Waals surface area (Å²) in [5.41, 5.74) is 0.854. The molecule has 0 radical (unpaired) electrons. The molecule has 0 spiro atoms. The molecule has 26 heavy (non-hydrogen) atoms. The van der Waals surface area contributed by atoms with Gasteiger partial charge in [0.05, 0.1) is 0 Å². The molecular formula is C18H19N5O2S. The first-order chi connectivity index (χ1) is 12.7. The van der Waals surface area contributed by atoms with Crippen LogP contribution in [0.3, 0.4) is 0 Å². The summed E-state index contributed by atoms with van der Waals surface area (Å²) in [4.78, 5) is 24.7. The minimum Gasteiger partial charge on any atom is -0.354 e. The molecule has 2 aromatic heterocycles. The molecule has 0 saturated heterocycles. The molecule has 0 bridgehead atoms. The van der Waals surface area contributed by atoms with Crippen molar-refractivity contribution >= 4 is 17.2 Å². The Bertz CT molecular complexity index is 942. The van der Waals surface area contributed by atoms with Crippen LogP contribution in [0, 0.1) is 0 Å². The summed E-state index contributed by atoms with van der Waals surface area (Å²) in [5.74, 6) is -0.229. The number of carbonyl (C=O) groups excluding carboxylic acids is 1. The molecule has 1 aliphatic rings. The summed E-state index contributed by atoms with van der Waals surface area (Å²) in [6.07, 6.45) is 3.29. The van der Waals surface area contributed by atoms with Crippen molar-refractivity contribution in [1.82, 2.24) is 25.1 Å². The second-order valence-corrected chi connectivity index (χ2v) is 7.48. The Morgan fingerprint density at radius 3 is 2.62 bits per heavy atom. The lowest BCUT2D eigenvalue weighted by Gasteiger charge is -2.42. The maximum atomic E-state index is 12.3. The standard InChI is InChI=1S/C18H19N5O2S/c24-15(12-22-17(25)23(21-20-22)16-8-4-11-26-16)19-13-18(9-5-10-18)14-6-2-1-3-7-14/h1-4,6-8,11H,5,9-10,12-13H2,(H,19,24). The van der Waals surface area contributed by atoms with Crippen molar-refractivity contribution < 1.29 is 4.79 Å². The van der Waals surface area contributed by atoms with Crippen LogP contribution in [0.1, 0.15) is 24.8 Å². The van der Waals surface area contributed by atoms with Gasteiger partial charge in [0.25, 0.3) is 0 Å². The number of nitrogens with one attached hydrogen (secondary N) is 1. The number of tetrazole rings is 1. The number of amides is 1. The Balaban J connectivity index is 1.41. The Morgan fingerprint density at radius 1 is 1.15 bits per heavy atom. The second kappa shape index (κ2) is 6.87. The molecule has 1 fully saturated rings. The van der Waals surface area contributed by atoms with E-state index in [0.717, 1.165) is 17.5 Å². The lowest BCUT2D eigenvalue weighted by molar-refractivity contribution is -0.122. The molecule has 1 aliphatic carbocycles. The van der Waals surface area contributed by atoms with Crippen molar-refractivity contribution in [3.63, 3.8) is 0 Å². The first-order valence-corrected chi connectivity index (χ1v) is 9.45. The topological polar surface area (TPSA) is 81.8 Å². The number of aromatic nitrogens is 4. The van der Waals surface area contributed by atoms with Crippen molar-refractivity contribution in [2.45, 2.75) is 31.2 Å². The zero-order chi connectivity index (χ0) is 18.0. The van der Waals surface area contributed by atoms with E-state index in [-0.39, 0.29) is 17.9 Å². The summed E-state index contributed by atoms with van der Waals surface area (Å²) in [6.45, 7) is 0.443. The lowest BCUT2D eigenvalue weighted by Crippen LogP contribution is -2.46. The number of nitrogens with zero attached hydrogens (tertiary/aromatic N) is 4. The predicted molar refractivity (Wildman–Crippen MR) is 98.5 cm³/mol. The Labute approximate surface area is 154 Å². The van der Waals surface area contributed by atoms with E-state index in [1.54, 1.807) is 6.07 Å². The quantitative estimate of drug-likeness (QED) is 0.717. The van der Waals surface area contributed by atoms with Gasteiger partial charge in [-0.1, -0.05) is 36.8 Å². The van der Waals surface area contributed by atoms with E-state index in [4.69, 9.17) is 0 Å². The third kappa shape index (κ3) is 3.08. The smallest absolute Gasteiger partial charge is 0.354 e. The van der Waals surface area contributed by atoms with Gasteiger partial charge in [0.15, 0.2) is 0 Å². The van der Waals surface area contributed by atoms with Gasteiger partial charge < -0.3 is 5.32 Å². The van der Waals surface area contributed by atoms with E-state index < -0.39 is 5.69 Å². The number of benzene rings is 1. The first-order valence-electron chi connectivity index (χ1n) is 8.57. The van der Waals surface area contributed by atoms with Crippen LogP contribution in [0.5, 0.6) is 0 Å². The molecular weight excluding hydrogens is 350 g/mol. The Hall–Kier alpha value is -2.74. The van der Waals surface area contributed by atoms with Crippen LogP contribution in [0.15, 0.2) is 52.6 Å². The van der Waals surface area contributed by atoms with Crippen LogP contribution in [0.25, 0.3) is 5.00 Å². The SMILES string of the molecule is O=C(Cn1nnn(-c2cccs2)c1=O)NCC1(c2ccccc2)CCC1. The van der Waals surface area contributed by atoms with Crippen molar-refractivity contribution in [2.75, 3.05) is 6.54 Å². The molecule has 3 aromatic rings. The van der Waals surface area contributed by atoms with Gasteiger partial charge in [-0.15, -0.1) is 11.3 Å². The fourth-order valence-corrected chi connectivity index (χ4v) is 3.99. The monoisotopic (exact) mass is 369 g/mol. The molecule has 0 unspecified atom stereocenters. The molecule has 1 saturated carbocycles. The van der Waals surface area contributed by atoms with Crippen molar-refractivity contribution in [3.8, 4) is 5.00 Å². The number of carbonyl (C=O) groups is 1. The Kier molecular flexibility index (Phi) is 4.42. The fraction of sp³-hybridized carbons (Fsp3) is 0.333. The molecule has 1 amide bonds. The van der Waals surface area contributed by atoms with Crippen LogP contribution in [-0.2, 0) is 16.8 Å². The highest BCUT2D eigenvalue weighted by atomic mass is 32.1. The van der Waals surface area contributed by atoms with Gasteiger partial charge in [-0.3, -0.25) is 4.79 Å². The van der Waals surface area contributed by atoms with Gasteiger partial charge in [0, 0.05) is 12.0 Å². The summed E-state index contributed by atoms with van der Waals surface area (Å²) in [6, 6.07) is 13.9. The minimum absolute atomic E-state index is 0.0104. The van der Waals surface area contributed by atoms with Crippen LogP contribution in [0.4, 0.5) is 0 Å². The average molecular weight is 369 g/mol. The fourth-order valence-electron chi connectivity index (χ4n) is 3.32. The van der Waals surface area contributed by atoms with Crippen molar-refractivity contribution in [1.29, 1.82) is 0 Å². The molecule has 4 rings (SSSR count). The van der Waals surface area contributed by atoms with E-state index in [1.165, 1.54) is 28.0 Å². The summed E-state index contributed by atoms with van der Waals surface area (Å²) < 4.78 is 2.29. The highest BCUT2D eigenvalue weighted by Gasteiger charge is 2.38. The number of thiophene rings is 1. The second-order valence-electron chi connectivity index (χ2n) is 6.56. The van der Waals surface area contributed by atoms with Gasteiger partial charge in [-0.2, -0.15) is 9.36 Å². The van der Waals surface area contributed by atoms with Gasteiger partial charge in [-0.05, 0) is 46.3 Å². The maximum absolute atomic E-state index is 12.3. The van der Waals surface area contributed by atoms with E-state index in [0.29, 0.717) is 11.5 Å². The molecule has 8 heteroatoms. The van der Waals surface area contributed by atoms with Gasteiger partial charge >= 0.3 is 5.69 Å². The summed E-state index contributed by atoms with van der Waals surface area (Å²) in [5, 5.41) is 13.2. The average Bonchev–Trinajstić information content (AvgIpc) is 3.26. The van der Waals surface area contributed by atoms with Crippen molar-refractivity contribution in [3.05, 3.63) is 63.9 Å². The Morgan fingerprint density at radius 2 is 1.96 bits per heavy atom. The lowest BCUT2D eigenvalue weighted by atomic mass is 9.64. The molecule has 1 aromatic carbocycles. The van der Waals surface area contributed by atoms with E-state index in [2.05, 4.69) is 27.9 Å². The summed E-state index contributed by atoms with van der Waals surface area (Å²) in [7, 11) is 0. The van der Waals surface area contributed by atoms with Crippen LogP contribution >= 0.6 is 11.3 Å². The van der Waals surface area contributed by atoms with Crippen LogP contribution in [0.2, 0.25) is 0 Å². The minimum atomic E-state index is -0.413. The summed E-state index contributed by atoms with van der Waals surface area (Å²) >= 11 is 1.39. The van der Waals surface area contributed by atoms with Crippen LogP contribution in [-0.4, -0.2) is 32.2 Å². The number of hydrogen-bond donors (Lipinski definition) is 1. The van der Waals surface area contributed by atoms with Gasteiger partial charge in [0.1, 0.15) is 11.5 Å². The molecule has 1 N–H and O–H groups in total. The van der Waals surface area contributed by atoms with Gasteiger partial charge in [0.2, 0.25) is 5.91 Å². The maximum Gasteiger partial charge on any atom is 0.369 e. The zero-order valence-corrected chi connectivity index (χ0v) is 15.0. The zero-order valence-electron chi connectivity index (χ0n) is 14.2. The normalized spacial score (nSPS) is 15.4. The molecule has 0 aliphatic heterocycles.